The van der Waals surface area contributed by atoms with Crippen LogP contribution in [0.15, 0.2) is 24.3 Å². The molecule has 0 aliphatic carbocycles. The summed E-state index contributed by atoms with van der Waals surface area (Å²) < 4.78 is 10.2. The fourth-order valence-electron chi connectivity index (χ4n) is 1.77. The number of methoxy groups -OCH3 is 1. The third-order valence-corrected chi connectivity index (χ3v) is 3.06. The van der Waals surface area contributed by atoms with Crippen molar-refractivity contribution in [3.8, 4) is 5.75 Å². The van der Waals surface area contributed by atoms with Crippen LogP contribution in [0.5, 0.6) is 5.75 Å². The number of rotatable bonds is 7. The second-order valence-corrected chi connectivity index (χ2v) is 5.22. The number of amides is 1. The molecule has 5 heteroatoms. The van der Waals surface area contributed by atoms with Crippen molar-refractivity contribution >= 4 is 11.9 Å². The van der Waals surface area contributed by atoms with Crippen LogP contribution >= 0.6 is 0 Å². The van der Waals surface area contributed by atoms with Crippen LogP contribution in [0.2, 0.25) is 0 Å². The predicted octanol–water partition coefficient (Wildman–Crippen LogP) is 2.08. The van der Waals surface area contributed by atoms with Crippen LogP contribution < -0.4 is 10.1 Å². The highest BCUT2D eigenvalue weighted by Crippen LogP contribution is 2.11. The number of carbonyl (C=O) groups excluding carboxylic acids is 2. The second-order valence-electron chi connectivity index (χ2n) is 5.22. The average molecular weight is 293 g/mol. The lowest BCUT2D eigenvalue weighted by molar-refractivity contribution is -0.146. The van der Waals surface area contributed by atoms with E-state index < -0.39 is 12.0 Å². The molecule has 116 valence electrons. The summed E-state index contributed by atoms with van der Waals surface area (Å²) in [6.07, 6.45) is 0.189. The van der Waals surface area contributed by atoms with Crippen molar-refractivity contribution in [2.75, 3.05) is 13.7 Å². The maximum Gasteiger partial charge on any atom is 0.328 e. The molecule has 0 aliphatic heterocycles. The number of carbonyl (C=O) groups is 2. The fraction of sp³-hybridized carbons (Fsp3) is 0.500. The number of ether oxygens (including phenoxy) is 2. The molecule has 1 aromatic carbocycles. The van der Waals surface area contributed by atoms with Gasteiger partial charge in [0, 0.05) is 0 Å². The van der Waals surface area contributed by atoms with Crippen LogP contribution in [0.25, 0.3) is 0 Å². The van der Waals surface area contributed by atoms with Crippen molar-refractivity contribution in [3.05, 3.63) is 29.8 Å². The van der Waals surface area contributed by atoms with Crippen LogP contribution in [0.3, 0.4) is 0 Å². The summed E-state index contributed by atoms with van der Waals surface area (Å²) in [6.45, 7) is 5.96. The molecule has 0 saturated heterocycles. The average Bonchev–Trinajstić information content (AvgIpc) is 2.45. The van der Waals surface area contributed by atoms with Crippen molar-refractivity contribution in [2.45, 2.75) is 33.2 Å². The highest BCUT2D eigenvalue weighted by Gasteiger charge is 2.24. The minimum Gasteiger partial charge on any atom is -0.493 e. The Morgan fingerprint density at radius 3 is 2.33 bits per heavy atom. The van der Waals surface area contributed by atoms with E-state index in [1.807, 2.05) is 45.0 Å². The van der Waals surface area contributed by atoms with E-state index in [0.717, 1.165) is 11.3 Å². The molecule has 0 radical (unpaired) electrons. The van der Waals surface area contributed by atoms with Gasteiger partial charge in [0.15, 0.2) is 0 Å². The summed E-state index contributed by atoms with van der Waals surface area (Å²) in [5.41, 5.74) is 1.15. The highest BCUT2D eigenvalue weighted by atomic mass is 16.5. The Morgan fingerprint density at radius 1 is 1.19 bits per heavy atom. The van der Waals surface area contributed by atoms with Crippen LogP contribution in [0.4, 0.5) is 0 Å². The SMILES string of the molecule is COC(=O)C(NC(=O)CCOc1ccc(C)cc1)C(C)C. The van der Waals surface area contributed by atoms with Gasteiger partial charge in [-0.05, 0) is 25.0 Å². The van der Waals surface area contributed by atoms with Gasteiger partial charge in [0.05, 0.1) is 20.1 Å². The monoisotopic (exact) mass is 293 g/mol. The molecule has 1 aromatic rings. The number of aryl methyl sites for hydroxylation is 1. The van der Waals surface area contributed by atoms with Crippen molar-refractivity contribution in [1.82, 2.24) is 5.32 Å². The number of hydrogen-bond donors (Lipinski definition) is 1. The standard InChI is InChI=1S/C16H23NO4/c1-11(2)15(16(19)20-4)17-14(18)9-10-21-13-7-5-12(3)6-8-13/h5-8,11,15H,9-10H2,1-4H3,(H,17,18). The van der Waals surface area contributed by atoms with E-state index in [1.54, 1.807) is 0 Å². The summed E-state index contributed by atoms with van der Waals surface area (Å²) >= 11 is 0. The molecular formula is C16H23NO4. The number of nitrogens with one attached hydrogen (secondary N) is 1. The van der Waals surface area contributed by atoms with E-state index in [-0.39, 0.29) is 24.9 Å². The maximum absolute atomic E-state index is 11.8. The van der Waals surface area contributed by atoms with Crippen molar-refractivity contribution in [2.24, 2.45) is 5.92 Å². The molecule has 0 spiro atoms. The molecule has 0 aliphatic rings. The number of benzene rings is 1. The third kappa shape index (κ3) is 5.85. The lowest BCUT2D eigenvalue weighted by Crippen LogP contribution is -2.45. The predicted molar refractivity (Wildman–Crippen MR) is 80.1 cm³/mol. The van der Waals surface area contributed by atoms with Gasteiger partial charge in [0.1, 0.15) is 11.8 Å². The van der Waals surface area contributed by atoms with E-state index in [0.29, 0.717) is 0 Å². The Labute approximate surface area is 125 Å². The van der Waals surface area contributed by atoms with Gasteiger partial charge in [0.2, 0.25) is 5.91 Å². The molecule has 21 heavy (non-hydrogen) atoms. The van der Waals surface area contributed by atoms with Gasteiger partial charge < -0.3 is 14.8 Å². The van der Waals surface area contributed by atoms with Crippen LogP contribution in [-0.2, 0) is 14.3 Å². The van der Waals surface area contributed by atoms with E-state index in [1.165, 1.54) is 7.11 Å². The molecule has 1 rings (SSSR count). The minimum atomic E-state index is -0.623. The Kier molecular flexibility index (Phi) is 6.72. The van der Waals surface area contributed by atoms with Crippen molar-refractivity contribution in [1.29, 1.82) is 0 Å². The summed E-state index contributed by atoms with van der Waals surface area (Å²) in [5, 5.41) is 2.67. The largest absolute Gasteiger partial charge is 0.493 e. The third-order valence-electron chi connectivity index (χ3n) is 3.06. The van der Waals surface area contributed by atoms with Crippen LogP contribution in [0, 0.1) is 12.8 Å². The Bertz CT molecular complexity index is 468. The molecule has 5 nitrogen and oxygen atoms in total. The number of hydrogen-bond acceptors (Lipinski definition) is 4. The summed E-state index contributed by atoms with van der Waals surface area (Å²) in [5.74, 6) is 0.0326. The van der Waals surface area contributed by atoms with Crippen LogP contribution in [-0.4, -0.2) is 31.6 Å². The topological polar surface area (TPSA) is 64.6 Å². The summed E-state index contributed by atoms with van der Waals surface area (Å²) in [4.78, 5) is 23.4. The van der Waals surface area contributed by atoms with E-state index in [2.05, 4.69) is 10.1 Å². The molecule has 0 saturated carbocycles. The smallest absolute Gasteiger partial charge is 0.328 e. The lowest BCUT2D eigenvalue weighted by Gasteiger charge is -2.19. The van der Waals surface area contributed by atoms with Crippen molar-refractivity contribution < 1.29 is 19.1 Å². The second kappa shape index (κ2) is 8.29. The molecular weight excluding hydrogens is 270 g/mol. The zero-order valence-corrected chi connectivity index (χ0v) is 13.0. The van der Waals surface area contributed by atoms with Gasteiger partial charge in [-0.2, -0.15) is 0 Å². The zero-order chi connectivity index (χ0) is 15.8. The van der Waals surface area contributed by atoms with E-state index in [9.17, 15) is 9.59 Å². The first-order valence-electron chi connectivity index (χ1n) is 7.00. The summed E-state index contributed by atoms with van der Waals surface area (Å²) in [6, 6.07) is 6.99. The number of esters is 1. The van der Waals surface area contributed by atoms with E-state index >= 15 is 0 Å². The van der Waals surface area contributed by atoms with Gasteiger partial charge in [-0.1, -0.05) is 31.5 Å². The molecule has 1 unspecified atom stereocenters. The fourth-order valence-corrected chi connectivity index (χ4v) is 1.77. The quantitative estimate of drug-likeness (QED) is 0.782. The molecule has 1 amide bonds. The van der Waals surface area contributed by atoms with Gasteiger partial charge in [-0.3, -0.25) is 4.79 Å². The molecule has 0 fully saturated rings. The molecule has 0 bridgehead atoms. The first-order chi connectivity index (χ1) is 9.93. The zero-order valence-electron chi connectivity index (χ0n) is 13.0. The van der Waals surface area contributed by atoms with E-state index in [4.69, 9.17) is 4.74 Å². The Morgan fingerprint density at radius 2 is 1.81 bits per heavy atom. The van der Waals surface area contributed by atoms with Gasteiger partial charge in [0.25, 0.3) is 0 Å². The molecule has 1 atom stereocenters. The lowest BCUT2D eigenvalue weighted by atomic mass is 10.0. The Hall–Kier alpha value is -2.04. The summed E-state index contributed by atoms with van der Waals surface area (Å²) in [7, 11) is 1.31. The van der Waals surface area contributed by atoms with Gasteiger partial charge >= 0.3 is 5.97 Å². The van der Waals surface area contributed by atoms with Gasteiger partial charge in [-0.15, -0.1) is 0 Å². The van der Waals surface area contributed by atoms with Crippen molar-refractivity contribution in [3.63, 3.8) is 0 Å². The van der Waals surface area contributed by atoms with Gasteiger partial charge in [-0.25, -0.2) is 4.79 Å². The maximum atomic E-state index is 11.8. The molecule has 1 N–H and O–H groups in total. The first-order valence-corrected chi connectivity index (χ1v) is 7.00. The Balaban J connectivity index is 2.39. The van der Waals surface area contributed by atoms with Crippen LogP contribution in [0.1, 0.15) is 25.8 Å². The molecule has 0 heterocycles. The molecule has 0 aromatic heterocycles. The highest BCUT2D eigenvalue weighted by molar-refractivity contribution is 5.84. The first kappa shape index (κ1) is 17.0. The normalized spacial score (nSPS) is 11.9. The minimum absolute atomic E-state index is 0.0283.